The van der Waals surface area contributed by atoms with E-state index in [9.17, 15) is 8.42 Å². The van der Waals surface area contributed by atoms with Crippen molar-refractivity contribution in [1.29, 1.82) is 0 Å². The first kappa shape index (κ1) is 10.6. The molecule has 0 atom stereocenters. The summed E-state index contributed by atoms with van der Waals surface area (Å²) in [5, 5.41) is 12.5. The molecule has 0 bridgehead atoms. The van der Waals surface area contributed by atoms with Crippen molar-refractivity contribution in [3.05, 3.63) is 12.4 Å². The Bertz CT molecular complexity index is 436. The van der Waals surface area contributed by atoms with Crippen molar-refractivity contribution in [2.45, 2.75) is 30.3 Å². The summed E-state index contributed by atoms with van der Waals surface area (Å²) in [6.07, 6.45) is 4.52. The van der Waals surface area contributed by atoms with E-state index in [4.69, 9.17) is 5.11 Å². The molecule has 6 nitrogen and oxygen atoms in total. The molecule has 2 rings (SSSR count). The zero-order valence-electron chi connectivity index (χ0n) is 8.13. The van der Waals surface area contributed by atoms with Crippen LogP contribution in [0.25, 0.3) is 0 Å². The molecule has 0 amide bonds. The van der Waals surface area contributed by atoms with Gasteiger partial charge in [-0.3, -0.25) is 4.68 Å². The fourth-order valence-corrected chi connectivity index (χ4v) is 2.45. The molecule has 84 valence electrons. The molecule has 1 heterocycles. The van der Waals surface area contributed by atoms with Crippen LogP contribution in [0.2, 0.25) is 0 Å². The SMILES string of the molecule is O=S(=O)(NC1CC1)c1cnn(CCO)c1. The van der Waals surface area contributed by atoms with Gasteiger partial charge in [0.25, 0.3) is 0 Å². The van der Waals surface area contributed by atoms with Gasteiger partial charge in [-0.05, 0) is 12.8 Å². The van der Waals surface area contributed by atoms with Crippen LogP contribution in [0.3, 0.4) is 0 Å². The van der Waals surface area contributed by atoms with Crippen molar-refractivity contribution in [2.24, 2.45) is 0 Å². The van der Waals surface area contributed by atoms with E-state index in [2.05, 4.69) is 9.82 Å². The highest BCUT2D eigenvalue weighted by Gasteiger charge is 2.28. The van der Waals surface area contributed by atoms with Gasteiger partial charge in [-0.25, -0.2) is 13.1 Å². The standard InChI is InChI=1S/C8H13N3O3S/c12-4-3-11-6-8(5-9-11)15(13,14)10-7-1-2-7/h5-7,10,12H,1-4H2. The van der Waals surface area contributed by atoms with Crippen LogP contribution in [-0.4, -0.2) is 36.0 Å². The fraction of sp³-hybridized carbons (Fsp3) is 0.625. The quantitative estimate of drug-likeness (QED) is 0.703. The molecule has 1 fully saturated rings. The van der Waals surface area contributed by atoms with Gasteiger partial charge in [0.2, 0.25) is 10.0 Å². The molecule has 0 aromatic carbocycles. The highest BCUT2D eigenvalue weighted by molar-refractivity contribution is 7.89. The third-order valence-corrected chi connectivity index (χ3v) is 3.62. The maximum absolute atomic E-state index is 11.7. The molecule has 1 aliphatic rings. The molecule has 1 aromatic rings. The Balaban J connectivity index is 2.12. The minimum Gasteiger partial charge on any atom is -0.394 e. The lowest BCUT2D eigenvalue weighted by atomic mass is 10.7. The second-order valence-corrected chi connectivity index (χ2v) is 5.27. The first-order valence-electron chi connectivity index (χ1n) is 4.77. The predicted octanol–water partition coefficient (Wildman–Crippen LogP) is -0.684. The molecule has 0 radical (unpaired) electrons. The average Bonchev–Trinajstić information content (AvgIpc) is 2.82. The summed E-state index contributed by atoms with van der Waals surface area (Å²) >= 11 is 0. The second kappa shape index (κ2) is 3.92. The molecule has 2 N–H and O–H groups in total. The van der Waals surface area contributed by atoms with Crippen LogP contribution in [-0.2, 0) is 16.6 Å². The van der Waals surface area contributed by atoms with Gasteiger partial charge in [0.1, 0.15) is 4.90 Å². The maximum atomic E-state index is 11.7. The number of aromatic nitrogens is 2. The molecule has 1 aromatic heterocycles. The summed E-state index contributed by atoms with van der Waals surface area (Å²) in [5.41, 5.74) is 0. The van der Waals surface area contributed by atoms with E-state index in [0.29, 0.717) is 6.54 Å². The Labute approximate surface area is 88.0 Å². The Hall–Kier alpha value is -0.920. The molecule has 0 unspecified atom stereocenters. The monoisotopic (exact) mass is 231 g/mol. The minimum absolute atomic E-state index is 0.0583. The summed E-state index contributed by atoms with van der Waals surface area (Å²) in [4.78, 5) is 0.155. The number of nitrogens with zero attached hydrogens (tertiary/aromatic N) is 2. The topological polar surface area (TPSA) is 84.2 Å². The lowest BCUT2D eigenvalue weighted by molar-refractivity contribution is 0.269. The first-order chi connectivity index (χ1) is 7.12. The lowest BCUT2D eigenvalue weighted by Gasteiger charge is -2.01. The third kappa shape index (κ3) is 2.55. The highest BCUT2D eigenvalue weighted by Crippen LogP contribution is 2.21. The van der Waals surface area contributed by atoms with Crippen LogP contribution in [0.15, 0.2) is 17.3 Å². The van der Waals surface area contributed by atoms with Crippen molar-refractivity contribution in [1.82, 2.24) is 14.5 Å². The number of hydrogen-bond donors (Lipinski definition) is 2. The summed E-state index contributed by atoms with van der Waals surface area (Å²) in [5.74, 6) is 0. The van der Waals surface area contributed by atoms with E-state index in [1.165, 1.54) is 17.1 Å². The number of sulfonamides is 1. The van der Waals surface area contributed by atoms with Crippen LogP contribution in [0.1, 0.15) is 12.8 Å². The number of aliphatic hydroxyl groups is 1. The molecule has 1 saturated carbocycles. The van der Waals surface area contributed by atoms with Crippen LogP contribution >= 0.6 is 0 Å². The van der Waals surface area contributed by atoms with Gasteiger partial charge in [0.05, 0.1) is 19.3 Å². The van der Waals surface area contributed by atoms with Crippen LogP contribution in [0.4, 0.5) is 0 Å². The Kier molecular flexibility index (Phi) is 2.76. The third-order valence-electron chi connectivity index (χ3n) is 2.15. The Morgan fingerprint density at radius 2 is 2.33 bits per heavy atom. The van der Waals surface area contributed by atoms with Gasteiger partial charge in [-0.2, -0.15) is 5.10 Å². The van der Waals surface area contributed by atoms with E-state index in [1.807, 2.05) is 0 Å². The van der Waals surface area contributed by atoms with Crippen molar-refractivity contribution in [2.75, 3.05) is 6.61 Å². The summed E-state index contributed by atoms with van der Waals surface area (Å²) < 4.78 is 27.3. The van der Waals surface area contributed by atoms with Gasteiger partial charge in [0, 0.05) is 12.2 Å². The normalized spacial score (nSPS) is 16.9. The fourth-order valence-electron chi connectivity index (χ4n) is 1.20. The summed E-state index contributed by atoms with van der Waals surface area (Å²) in [6.45, 7) is 0.246. The van der Waals surface area contributed by atoms with Gasteiger partial charge in [-0.15, -0.1) is 0 Å². The van der Waals surface area contributed by atoms with Crippen molar-refractivity contribution in [3.63, 3.8) is 0 Å². The van der Waals surface area contributed by atoms with Crippen molar-refractivity contribution in [3.8, 4) is 0 Å². The Morgan fingerprint density at radius 3 is 2.93 bits per heavy atom. The lowest BCUT2D eigenvalue weighted by Crippen LogP contribution is -2.25. The summed E-state index contributed by atoms with van der Waals surface area (Å²) in [6, 6.07) is 0.0937. The largest absolute Gasteiger partial charge is 0.394 e. The van der Waals surface area contributed by atoms with Gasteiger partial charge >= 0.3 is 0 Å². The minimum atomic E-state index is -3.41. The molecular weight excluding hydrogens is 218 g/mol. The molecule has 1 aliphatic carbocycles. The van der Waals surface area contributed by atoms with Gasteiger partial charge in [-0.1, -0.05) is 0 Å². The van der Waals surface area contributed by atoms with E-state index < -0.39 is 10.0 Å². The molecule has 7 heteroatoms. The van der Waals surface area contributed by atoms with E-state index >= 15 is 0 Å². The molecular formula is C8H13N3O3S. The van der Waals surface area contributed by atoms with Gasteiger partial charge < -0.3 is 5.11 Å². The van der Waals surface area contributed by atoms with Crippen molar-refractivity contribution >= 4 is 10.0 Å². The smallest absolute Gasteiger partial charge is 0.243 e. The highest BCUT2D eigenvalue weighted by atomic mass is 32.2. The number of nitrogens with one attached hydrogen (secondary N) is 1. The van der Waals surface area contributed by atoms with Gasteiger partial charge in [0.15, 0.2) is 0 Å². The van der Waals surface area contributed by atoms with E-state index in [1.54, 1.807) is 0 Å². The predicted molar refractivity (Wildman–Crippen MR) is 52.7 cm³/mol. The molecule has 15 heavy (non-hydrogen) atoms. The van der Waals surface area contributed by atoms with Crippen LogP contribution < -0.4 is 4.72 Å². The number of rotatable bonds is 5. The number of aliphatic hydroxyl groups excluding tert-OH is 1. The number of hydrogen-bond acceptors (Lipinski definition) is 4. The van der Waals surface area contributed by atoms with E-state index in [0.717, 1.165) is 12.8 Å². The summed E-state index contributed by atoms with van der Waals surface area (Å²) in [7, 11) is -3.41. The Morgan fingerprint density at radius 1 is 1.60 bits per heavy atom. The van der Waals surface area contributed by atoms with Crippen LogP contribution in [0, 0.1) is 0 Å². The average molecular weight is 231 g/mol. The first-order valence-corrected chi connectivity index (χ1v) is 6.26. The zero-order chi connectivity index (χ0) is 10.9. The van der Waals surface area contributed by atoms with Crippen LogP contribution in [0.5, 0.6) is 0 Å². The van der Waals surface area contributed by atoms with Crippen molar-refractivity contribution < 1.29 is 13.5 Å². The maximum Gasteiger partial charge on any atom is 0.243 e. The van der Waals surface area contributed by atoms with E-state index in [-0.39, 0.29) is 17.5 Å². The zero-order valence-corrected chi connectivity index (χ0v) is 8.94. The molecule has 0 aliphatic heterocycles. The second-order valence-electron chi connectivity index (χ2n) is 3.56. The molecule has 0 saturated heterocycles. The molecule has 0 spiro atoms.